The third-order valence-electron chi connectivity index (χ3n) is 7.15. The van der Waals surface area contributed by atoms with Crippen LogP contribution >= 0.6 is 0 Å². The summed E-state index contributed by atoms with van der Waals surface area (Å²) in [6.45, 7) is -7.72. The van der Waals surface area contributed by atoms with Crippen LogP contribution in [0.15, 0.2) is 24.3 Å². The summed E-state index contributed by atoms with van der Waals surface area (Å²) in [4.78, 5) is 21.7. The number of ether oxygens (including phenoxy) is 4. The Labute approximate surface area is 300 Å². The summed E-state index contributed by atoms with van der Waals surface area (Å²) in [5.74, 6) is -78.5. The van der Waals surface area contributed by atoms with E-state index < -0.39 is 133 Å². The summed E-state index contributed by atoms with van der Waals surface area (Å²) in [5, 5.41) is 10.7. The number of nitro groups is 1. The number of hydrogen-bond acceptors (Lipinski definition) is 7. The molecule has 332 valence electrons. The number of rotatable bonds is 20. The Morgan fingerprint density at radius 1 is 0.561 bits per heavy atom. The van der Waals surface area contributed by atoms with Gasteiger partial charge in [-0.2, -0.15) is 101 Å². The molecule has 0 bridgehead atoms. The Hall–Kier alpha value is -3.80. The van der Waals surface area contributed by atoms with Crippen LogP contribution in [0.2, 0.25) is 0 Å². The number of alkyl halides is 23. The summed E-state index contributed by atoms with van der Waals surface area (Å²) >= 11 is 0. The average Bonchev–Trinajstić information content (AvgIpc) is 3.02. The van der Waals surface area contributed by atoms with Crippen LogP contribution in [0.3, 0.4) is 0 Å². The summed E-state index contributed by atoms with van der Waals surface area (Å²) in [7, 11) is 0. The van der Waals surface area contributed by atoms with Gasteiger partial charge in [-0.05, 0) is 19.1 Å². The summed E-state index contributed by atoms with van der Waals surface area (Å²) in [6.07, 6.45) is -16.0. The number of benzene rings is 1. The maximum absolute atomic E-state index is 14.2. The first-order chi connectivity index (χ1) is 24.9. The first-order valence-electron chi connectivity index (χ1n) is 14.2. The van der Waals surface area contributed by atoms with Crippen molar-refractivity contribution in [3.8, 4) is 5.75 Å². The van der Waals surface area contributed by atoms with Crippen molar-refractivity contribution in [3.63, 3.8) is 0 Å². The third-order valence-corrected chi connectivity index (χ3v) is 7.15. The molecule has 1 unspecified atom stereocenters. The average molecular weight is 895 g/mol. The predicted molar refractivity (Wildman–Crippen MR) is 136 cm³/mol. The van der Waals surface area contributed by atoms with Crippen LogP contribution in [-0.2, 0) is 14.2 Å². The van der Waals surface area contributed by atoms with Crippen LogP contribution in [0.4, 0.5) is 111 Å². The first kappa shape index (κ1) is 51.2. The van der Waals surface area contributed by atoms with Crippen molar-refractivity contribution in [2.45, 2.75) is 97.9 Å². The van der Waals surface area contributed by atoms with E-state index in [1.165, 1.54) is 0 Å². The molecule has 0 saturated heterocycles. The standard InChI is InChI=1S/C26H20F23NO7/c1-15(11-54-14(51)57-13-5-3-12(4-6-13)50(52)53,55-9-7-17(29,30)20(35,36)22(39,40)19(33,34)16(2,27)28)56-10-8-18(31,32)21(37,38)23(41,42)24(43,44)25(45,46)26(47,48)49/h3-6H,7-11H2,1-2H3. The lowest BCUT2D eigenvalue weighted by atomic mass is 9.93. The highest BCUT2D eigenvalue weighted by Crippen LogP contribution is 2.61. The maximum Gasteiger partial charge on any atom is 0.514 e. The number of carbonyl (C=O) groups excluding carboxylic acids is 1. The van der Waals surface area contributed by atoms with Gasteiger partial charge in [0.15, 0.2) is 5.79 Å². The number of nitro benzene ring substituents is 1. The highest BCUT2D eigenvalue weighted by Gasteiger charge is 2.90. The number of carbonyl (C=O) groups is 1. The Kier molecular flexibility index (Phi) is 14.2. The molecular weight excluding hydrogens is 875 g/mol. The van der Waals surface area contributed by atoms with E-state index in [-0.39, 0.29) is 6.92 Å². The van der Waals surface area contributed by atoms with Crippen LogP contribution in [0.5, 0.6) is 5.75 Å². The van der Waals surface area contributed by atoms with E-state index in [0.29, 0.717) is 24.3 Å². The Bertz CT molecular complexity index is 1560. The fourth-order valence-corrected chi connectivity index (χ4v) is 3.69. The molecule has 0 aliphatic rings. The molecule has 0 aliphatic heterocycles. The molecule has 1 atom stereocenters. The van der Waals surface area contributed by atoms with Gasteiger partial charge in [0, 0.05) is 31.9 Å². The lowest BCUT2D eigenvalue weighted by Crippen LogP contribution is -2.70. The van der Waals surface area contributed by atoms with Crippen molar-refractivity contribution in [2.75, 3.05) is 19.8 Å². The minimum atomic E-state index is -8.33. The molecule has 0 saturated carbocycles. The molecule has 1 rings (SSSR count). The van der Waals surface area contributed by atoms with E-state index in [4.69, 9.17) is 0 Å². The second kappa shape index (κ2) is 15.8. The maximum atomic E-state index is 14.2. The third kappa shape index (κ3) is 9.58. The molecule has 0 aromatic heterocycles. The number of nitrogens with zero attached hydrogens (tertiary/aromatic N) is 1. The van der Waals surface area contributed by atoms with E-state index in [1.807, 2.05) is 0 Å². The lowest BCUT2D eigenvalue weighted by molar-refractivity contribution is -0.440. The van der Waals surface area contributed by atoms with E-state index in [9.17, 15) is 116 Å². The molecule has 0 fully saturated rings. The zero-order chi connectivity index (χ0) is 45.5. The van der Waals surface area contributed by atoms with Crippen molar-refractivity contribution in [1.29, 1.82) is 0 Å². The van der Waals surface area contributed by atoms with Gasteiger partial charge in [0.1, 0.15) is 12.4 Å². The highest BCUT2D eigenvalue weighted by molar-refractivity contribution is 5.64. The highest BCUT2D eigenvalue weighted by atomic mass is 19.4. The van der Waals surface area contributed by atoms with Gasteiger partial charge in [-0.1, -0.05) is 0 Å². The van der Waals surface area contributed by atoms with E-state index >= 15 is 0 Å². The van der Waals surface area contributed by atoms with Crippen molar-refractivity contribution in [3.05, 3.63) is 34.4 Å². The second-order valence-electron chi connectivity index (χ2n) is 11.5. The number of non-ortho nitro benzene ring substituents is 1. The summed E-state index contributed by atoms with van der Waals surface area (Å²) < 4.78 is 328. The fraction of sp³-hybridized carbons (Fsp3) is 0.731. The van der Waals surface area contributed by atoms with Crippen molar-refractivity contribution >= 4 is 11.8 Å². The molecule has 0 radical (unpaired) electrons. The van der Waals surface area contributed by atoms with Crippen molar-refractivity contribution in [2.24, 2.45) is 0 Å². The summed E-state index contributed by atoms with van der Waals surface area (Å²) in [6, 6.07) is 2.70. The van der Waals surface area contributed by atoms with Gasteiger partial charge in [-0.15, -0.1) is 0 Å². The van der Waals surface area contributed by atoms with Gasteiger partial charge in [-0.3, -0.25) is 10.1 Å². The fourth-order valence-electron chi connectivity index (χ4n) is 3.69. The van der Waals surface area contributed by atoms with Crippen LogP contribution in [-0.4, -0.2) is 102 Å². The SMILES string of the molecule is CC(COC(=O)Oc1ccc([N+](=O)[O-])cc1)(OCCC(F)(F)C(F)(F)C(F)(F)C(F)(F)C(C)(F)F)OCCC(F)(F)C(F)(F)C(F)(F)C(F)(F)C(F)(F)C(F)(F)F. The van der Waals surface area contributed by atoms with Gasteiger partial charge in [-0.25, -0.2) is 4.79 Å². The molecular formula is C26H20F23NO7. The van der Waals surface area contributed by atoms with Crippen molar-refractivity contribution < 1.29 is 130 Å². The van der Waals surface area contributed by atoms with Crippen LogP contribution in [0.25, 0.3) is 0 Å². The number of halogens is 23. The number of hydrogen-bond donors (Lipinski definition) is 0. The Balaban J connectivity index is 3.41. The van der Waals surface area contributed by atoms with Crippen LogP contribution < -0.4 is 4.74 Å². The van der Waals surface area contributed by atoms with Gasteiger partial charge in [0.25, 0.3) is 5.69 Å². The zero-order valence-electron chi connectivity index (χ0n) is 27.3. The molecule has 8 nitrogen and oxygen atoms in total. The van der Waals surface area contributed by atoms with E-state index in [1.54, 1.807) is 0 Å². The predicted octanol–water partition coefficient (Wildman–Crippen LogP) is 10.6. The molecule has 1 aromatic rings. The van der Waals surface area contributed by atoms with Gasteiger partial charge >= 0.3 is 71.6 Å². The smallest absolute Gasteiger partial charge is 0.428 e. The molecule has 0 amide bonds. The van der Waals surface area contributed by atoms with Crippen molar-refractivity contribution in [1.82, 2.24) is 0 Å². The Morgan fingerprint density at radius 2 is 0.912 bits per heavy atom. The van der Waals surface area contributed by atoms with Crippen LogP contribution in [0, 0.1) is 10.1 Å². The van der Waals surface area contributed by atoms with E-state index in [0.717, 1.165) is 0 Å². The first-order valence-corrected chi connectivity index (χ1v) is 14.2. The second-order valence-corrected chi connectivity index (χ2v) is 11.5. The molecule has 1 aromatic carbocycles. The monoisotopic (exact) mass is 895 g/mol. The molecule has 0 aliphatic carbocycles. The lowest BCUT2D eigenvalue weighted by Gasteiger charge is -2.40. The van der Waals surface area contributed by atoms with Crippen LogP contribution in [0.1, 0.15) is 26.7 Å². The molecule has 0 spiro atoms. The van der Waals surface area contributed by atoms with Gasteiger partial charge < -0.3 is 18.9 Å². The molecule has 57 heavy (non-hydrogen) atoms. The topological polar surface area (TPSA) is 97.1 Å². The largest absolute Gasteiger partial charge is 0.514 e. The summed E-state index contributed by atoms with van der Waals surface area (Å²) in [5.41, 5.74) is -0.629. The van der Waals surface area contributed by atoms with E-state index in [2.05, 4.69) is 18.9 Å². The quantitative estimate of drug-likeness (QED) is 0.0321. The Morgan fingerprint density at radius 3 is 1.25 bits per heavy atom. The molecule has 0 heterocycles. The van der Waals surface area contributed by atoms with Gasteiger partial charge in [0.2, 0.25) is 0 Å². The minimum Gasteiger partial charge on any atom is -0.428 e. The zero-order valence-corrected chi connectivity index (χ0v) is 27.3. The van der Waals surface area contributed by atoms with Gasteiger partial charge in [0.05, 0.1) is 18.1 Å². The molecule has 31 heteroatoms. The normalized spacial score (nSPS) is 15.9. The minimum absolute atomic E-state index is 0.103. The molecule has 0 N–H and O–H groups in total.